The van der Waals surface area contributed by atoms with E-state index in [1.165, 1.54) is 5.56 Å². The van der Waals surface area contributed by atoms with Gasteiger partial charge < -0.3 is 4.74 Å². The van der Waals surface area contributed by atoms with E-state index in [0.717, 1.165) is 28.4 Å². The van der Waals surface area contributed by atoms with E-state index in [0.29, 0.717) is 18.3 Å². The molecule has 3 aromatic carbocycles. The van der Waals surface area contributed by atoms with Gasteiger partial charge in [-0.05, 0) is 11.6 Å². The van der Waals surface area contributed by atoms with Crippen LogP contribution in [0.5, 0.6) is 5.88 Å². The molecule has 5 heteroatoms. The maximum absolute atomic E-state index is 6.10. The summed E-state index contributed by atoms with van der Waals surface area (Å²) in [5.74, 6) is 1.30. The van der Waals surface area contributed by atoms with Crippen molar-refractivity contribution in [2.45, 2.75) is 6.42 Å². The van der Waals surface area contributed by atoms with Gasteiger partial charge in [-0.25, -0.2) is 0 Å². The Morgan fingerprint density at radius 2 is 1.39 bits per heavy atom. The molecule has 0 unspecified atom stereocenters. The fourth-order valence-electron chi connectivity index (χ4n) is 3.34. The van der Waals surface area contributed by atoms with Crippen LogP contribution < -0.4 is 4.74 Å². The monoisotopic (exact) mass is 366 g/mol. The first kappa shape index (κ1) is 16.4. The summed E-state index contributed by atoms with van der Waals surface area (Å²) in [4.78, 5) is 0. The van der Waals surface area contributed by atoms with Gasteiger partial charge in [0.1, 0.15) is 0 Å². The van der Waals surface area contributed by atoms with Gasteiger partial charge in [-0.15, -0.1) is 15.3 Å². The number of rotatable bonds is 5. The maximum Gasteiger partial charge on any atom is 0.239 e. The zero-order chi connectivity index (χ0) is 18.8. The van der Waals surface area contributed by atoms with Gasteiger partial charge in [0.05, 0.1) is 6.61 Å². The first-order chi connectivity index (χ1) is 13.9. The quantitative estimate of drug-likeness (QED) is 0.457. The Kier molecular flexibility index (Phi) is 4.18. The minimum absolute atomic E-state index is 0.551. The van der Waals surface area contributed by atoms with Crippen LogP contribution in [-0.4, -0.2) is 26.4 Å². The summed E-state index contributed by atoms with van der Waals surface area (Å²) in [6, 6.07) is 28.3. The molecular weight excluding hydrogens is 348 g/mol. The normalized spacial score (nSPS) is 11.1. The molecule has 0 amide bonds. The molecule has 0 spiro atoms. The summed E-state index contributed by atoms with van der Waals surface area (Å²) in [6.45, 7) is 0.551. The average molecular weight is 366 g/mol. The van der Waals surface area contributed by atoms with Gasteiger partial charge in [0.15, 0.2) is 11.5 Å². The fraction of sp³-hybridized carbons (Fsp3) is 0.0870. The van der Waals surface area contributed by atoms with E-state index in [4.69, 9.17) is 9.84 Å². The predicted octanol–water partition coefficient (Wildman–Crippen LogP) is 4.57. The van der Waals surface area contributed by atoms with Crippen molar-refractivity contribution in [3.05, 3.63) is 90.5 Å². The molecule has 0 aliphatic carbocycles. The molecule has 2 aromatic heterocycles. The Hall–Kier alpha value is -3.73. The van der Waals surface area contributed by atoms with E-state index < -0.39 is 0 Å². The average Bonchev–Trinajstić information content (AvgIpc) is 3.19. The largest absolute Gasteiger partial charge is 0.476 e. The molecule has 5 aromatic rings. The molecule has 0 bridgehead atoms. The summed E-state index contributed by atoms with van der Waals surface area (Å²) in [6.07, 6.45) is 0.822. The van der Waals surface area contributed by atoms with E-state index in [1.807, 2.05) is 72.8 Å². The Morgan fingerprint density at radius 1 is 0.714 bits per heavy atom. The molecule has 0 saturated heterocycles. The highest BCUT2D eigenvalue weighted by atomic mass is 16.5. The van der Waals surface area contributed by atoms with Crippen LogP contribution in [0, 0.1) is 0 Å². The van der Waals surface area contributed by atoms with Gasteiger partial charge in [-0.2, -0.15) is 4.52 Å². The number of benzene rings is 3. The van der Waals surface area contributed by atoms with E-state index in [2.05, 4.69) is 22.3 Å². The van der Waals surface area contributed by atoms with Crippen molar-refractivity contribution in [3.63, 3.8) is 0 Å². The Morgan fingerprint density at radius 3 is 2.18 bits per heavy atom. The molecule has 2 heterocycles. The lowest BCUT2D eigenvalue weighted by Gasteiger charge is -2.10. The molecule has 0 N–H and O–H groups in total. The lowest BCUT2D eigenvalue weighted by atomic mass is 10.1. The molecule has 0 fully saturated rings. The minimum atomic E-state index is 0.551. The summed E-state index contributed by atoms with van der Waals surface area (Å²) >= 11 is 0. The van der Waals surface area contributed by atoms with Crippen molar-refractivity contribution in [3.8, 4) is 17.3 Å². The number of hydrogen-bond acceptors (Lipinski definition) is 4. The minimum Gasteiger partial charge on any atom is -0.476 e. The van der Waals surface area contributed by atoms with E-state index >= 15 is 0 Å². The zero-order valence-corrected chi connectivity index (χ0v) is 15.2. The highest BCUT2D eigenvalue weighted by Gasteiger charge is 2.15. The van der Waals surface area contributed by atoms with Crippen LogP contribution in [0.1, 0.15) is 5.56 Å². The van der Waals surface area contributed by atoms with Gasteiger partial charge in [-0.1, -0.05) is 78.9 Å². The van der Waals surface area contributed by atoms with Crippen molar-refractivity contribution >= 4 is 16.4 Å². The fourth-order valence-corrected chi connectivity index (χ4v) is 3.34. The Bertz CT molecular complexity index is 1230. The molecular formula is C23H18N4O. The zero-order valence-electron chi connectivity index (χ0n) is 15.2. The number of ether oxygens (including phenoxy) is 1. The third-order valence-electron chi connectivity index (χ3n) is 4.73. The first-order valence-electron chi connectivity index (χ1n) is 9.26. The van der Waals surface area contributed by atoms with Crippen LogP contribution in [-0.2, 0) is 6.42 Å². The number of fused-ring (bicyclic) bond motifs is 3. The van der Waals surface area contributed by atoms with E-state index in [-0.39, 0.29) is 0 Å². The summed E-state index contributed by atoms with van der Waals surface area (Å²) in [5.41, 5.74) is 2.93. The molecule has 136 valence electrons. The van der Waals surface area contributed by atoms with Crippen molar-refractivity contribution in [1.82, 2.24) is 19.8 Å². The molecule has 0 aliphatic rings. The SMILES string of the molecule is c1ccc(CCOc2nn3c(-c4ccccc4)nnc3c3ccccc23)cc1. The smallest absolute Gasteiger partial charge is 0.239 e. The molecule has 0 radical (unpaired) electrons. The lowest BCUT2D eigenvalue weighted by molar-refractivity contribution is 0.309. The summed E-state index contributed by atoms with van der Waals surface area (Å²) in [5, 5.41) is 15.4. The summed E-state index contributed by atoms with van der Waals surface area (Å²) in [7, 11) is 0. The summed E-state index contributed by atoms with van der Waals surface area (Å²) < 4.78 is 7.88. The number of hydrogen-bond donors (Lipinski definition) is 0. The standard InChI is InChI=1S/C23H18N4O/c1-3-9-17(10-4-1)15-16-28-23-20-14-8-7-13-19(20)22-25-24-21(27(22)26-23)18-11-5-2-6-12-18/h1-14H,15-16H2. The van der Waals surface area contributed by atoms with Crippen LogP contribution in [0.2, 0.25) is 0 Å². The van der Waals surface area contributed by atoms with Gasteiger partial charge in [-0.3, -0.25) is 0 Å². The highest BCUT2D eigenvalue weighted by Crippen LogP contribution is 2.28. The number of nitrogens with zero attached hydrogens (tertiary/aromatic N) is 4. The third kappa shape index (κ3) is 2.97. The second-order valence-corrected chi connectivity index (χ2v) is 6.56. The molecule has 0 saturated carbocycles. The highest BCUT2D eigenvalue weighted by molar-refractivity contribution is 5.97. The van der Waals surface area contributed by atoms with Gasteiger partial charge >= 0.3 is 0 Å². The van der Waals surface area contributed by atoms with Gasteiger partial charge in [0.25, 0.3) is 0 Å². The topological polar surface area (TPSA) is 52.3 Å². The van der Waals surface area contributed by atoms with E-state index in [9.17, 15) is 0 Å². The van der Waals surface area contributed by atoms with Gasteiger partial charge in [0.2, 0.25) is 5.88 Å². The van der Waals surface area contributed by atoms with Crippen LogP contribution in [0.15, 0.2) is 84.9 Å². The number of aromatic nitrogens is 4. The molecule has 28 heavy (non-hydrogen) atoms. The molecule has 0 atom stereocenters. The first-order valence-corrected chi connectivity index (χ1v) is 9.26. The molecule has 0 aliphatic heterocycles. The van der Waals surface area contributed by atoms with Crippen molar-refractivity contribution in [2.24, 2.45) is 0 Å². The van der Waals surface area contributed by atoms with Crippen molar-refractivity contribution in [2.75, 3.05) is 6.61 Å². The molecule has 5 nitrogen and oxygen atoms in total. The molecule has 5 rings (SSSR count). The van der Waals surface area contributed by atoms with E-state index in [1.54, 1.807) is 4.52 Å². The van der Waals surface area contributed by atoms with Crippen molar-refractivity contribution < 1.29 is 4.74 Å². The Labute approximate surface area is 162 Å². The predicted molar refractivity (Wildman–Crippen MR) is 109 cm³/mol. The lowest BCUT2D eigenvalue weighted by Crippen LogP contribution is -2.06. The van der Waals surface area contributed by atoms with Crippen LogP contribution in [0.4, 0.5) is 0 Å². The van der Waals surface area contributed by atoms with Crippen LogP contribution in [0.3, 0.4) is 0 Å². The third-order valence-corrected chi connectivity index (χ3v) is 4.73. The maximum atomic E-state index is 6.10. The van der Waals surface area contributed by atoms with Crippen LogP contribution >= 0.6 is 0 Å². The van der Waals surface area contributed by atoms with Crippen molar-refractivity contribution in [1.29, 1.82) is 0 Å². The Balaban J connectivity index is 1.57. The second-order valence-electron chi connectivity index (χ2n) is 6.56. The van der Waals surface area contributed by atoms with Gasteiger partial charge in [0, 0.05) is 22.8 Å². The second kappa shape index (κ2) is 7.12. The van der Waals surface area contributed by atoms with Crippen LogP contribution in [0.25, 0.3) is 27.8 Å².